The van der Waals surface area contributed by atoms with Gasteiger partial charge in [-0.1, -0.05) is 15.9 Å². The fourth-order valence-electron chi connectivity index (χ4n) is 1.38. The van der Waals surface area contributed by atoms with Crippen LogP contribution in [0.15, 0.2) is 0 Å². The molecule has 1 saturated heterocycles. The van der Waals surface area contributed by atoms with Gasteiger partial charge in [0.05, 0.1) is 12.7 Å². The quantitative estimate of drug-likeness (QED) is 0.671. The minimum atomic E-state index is 0.430. The van der Waals surface area contributed by atoms with Gasteiger partial charge in [0.25, 0.3) is 0 Å². The lowest BCUT2D eigenvalue weighted by Gasteiger charge is -2.30. The Balaban J connectivity index is 2.12. The van der Waals surface area contributed by atoms with E-state index in [0.717, 1.165) is 25.0 Å². The third kappa shape index (κ3) is 3.54. The molecule has 1 aliphatic heterocycles. The molecule has 1 unspecified atom stereocenters. The van der Waals surface area contributed by atoms with Crippen LogP contribution in [-0.2, 0) is 4.74 Å². The smallest absolute Gasteiger partial charge is 0.0674 e. The Morgan fingerprint density at radius 1 is 1.64 bits per heavy atom. The lowest BCUT2D eigenvalue weighted by Crippen LogP contribution is -2.41. The summed E-state index contributed by atoms with van der Waals surface area (Å²) in [5.74, 6) is 0. The third-order valence-electron chi connectivity index (χ3n) is 1.93. The number of hydrogen-bond acceptors (Lipinski definition) is 2. The molecule has 11 heavy (non-hydrogen) atoms. The van der Waals surface area contributed by atoms with Crippen LogP contribution in [0.25, 0.3) is 0 Å². The zero-order valence-corrected chi connectivity index (χ0v) is 8.64. The van der Waals surface area contributed by atoms with Crippen LogP contribution in [0.3, 0.4) is 0 Å². The highest BCUT2D eigenvalue weighted by molar-refractivity contribution is 9.09. The maximum Gasteiger partial charge on any atom is 0.0674 e. The molecule has 0 aliphatic carbocycles. The number of morpholine rings is 1. The van der Waals surface area contributed by atoms with E-state index in [4.69, 9.17) is 4.74 Å². The molecule has 0 aromatic carbocycles. The van der Waals surface area contributed by atoms with Gasteiger partial charge < -0.3 is 4.74 Å². The Kier molecular flexibility index (Phi) is 4.41. The molecule has 66 valence electrons. The first-order valence-electron chi connectivity index (χ1n) is 4.23. The number of halogens is 1. The summed E-state index contributed by atoms with van der Waals surface area (Å²) in [4.78, 5) is 2.47. The van der Waals surface area contributed by atoms with Crippen LogP contribution in [-0.4, -0.2) is 42.6 Å². The van der Waals surface area contributed by atoms with Gasteiger partial charge in [-0.05, 0) is 19.9 Å². The van der Waals surface area contributed by atoms with E-state index < -0.39 is 0 Å². The lowest BCUT2D eigenvalue weighted by molar-refractivity contribution is -0.0179. The highest BCUT2D eigenvalue weighted by Gasteiger charge is 2.15. The molecule has 0 amide bonds. The van der Waals surface area contributed by atoms with Gasteiger partial charge in [0.15, 0.2) is 0 Å². The number of ether oxygens (including phenoxy) is 1. The maximum atomic E-state index is 5.43. The van der Waals surface area contributed by atoms with Crippen LogP contribution in [0.1, 0.15) is 13.3 Å². The summed E-state index contributed by atoms with van der Waals surface area (Å²) in [6.07, 6.45) is 1.67. The van der Waals surface area contributed by atoms with Crippen molar-refractivity contribution >= 4 is 15.9 Å². The zero-order valence-electron chi connectivity index (χ0n) is 7.05. The van der Waals surface area contributed by atoms with Gasteiger partial charge in [0.2, 0.25) is 0 Å². The second-order valence-electron chi connectivity index (χ2n) is 3.02. The van der Waals surface area contributed by atoms with Crippen molar-refractivity contribution in [1.82, 2.24) is 4.90 Å². The highest BCUT2D eigenvalue weighted by Crippen LogP contribution is 2.04. The fraction of sp³-hybridized carbons (Fsp3) is 1.00. The van der Waals surface area contributed by atoms with Gasteiger partial charge in [-0.25, -0.2) is 0 Å². The van der Waals surface area contributed by atoms with Crippen LogP contribution in [0.5, 0.6) is 0 Å². The van der Waals surface area contributed by atoms with E-state index in [-0.39, 0.29) is 0 Å². The third-order valence-corrected chi connectivity index (χ3v) is 2.49. The number of hydrogen-bond donors (Lipinski definition) is 0. The molecular formula is C8H16BrNO. The van der Waals surface area contributed by atoms with Gasteiger partial charge >= 0.3 is 0 Å². The largest absolute Gasteiger partial charge is 0.376 e. The van der Waals surface area contributed by atoms with Crippen molar-refractivity contribution in [1.29, 1.82) is 0 Å². The molecule has 0 N–H and O–H groups in total. The van der Waals surface area contributed by atoms with Gasteiger partial charge in [-0.15, -0.1) is 0 Å². The summed E-state index contributed by atoms with van der Waals surface area (Å²) in [7, 11) is 0. The molecule has 1 atom stereocenters. The first-order chi connectivity index (χ1) is 5.33. The second kappa shape index (κ2) is 5.12. The summed E-state index contributed by atoms with van der Waals surface area (Å²) in [6, 6.07) is 0. The Bertz CT molecular complexity index is 110. The van der Waals surface area contributed by atoms with Gasteiger partial charge in [0.1, 0.15) is 0 Å². The van der Waals surface area contributed by atoms with E-state index in [1.165, 1.54) is 13.0 Å². The van der Waals surface area contributed by atoms with E-state index in [0.29, 0.717) is 6.10 Å². The van der Waals surface area contributed by atoms with E-state index in [1.54, 1.807) is 0 Å². The Labute approximate surface area is 77.0 Å². The monoisotopic (exact) mass is 221 g/mol. The summed E-state index contributed by atoms with van der Waals surface area (Å²) in [5, 5.41) is 1.11. The molecule has 0 aromatic heterocycles. The molecule has 0 aromatic rings. The Morgan fingerprint density at radius 2 is 2.45 bits per heavy atom. The maximum absolute atomic E-state index is 5.43. The summed E-state index contributed by atoms with van der Waals surface area (Å²) in [5.41, 5.74) is 0. The van der Waals surface area contributed by atoms with Crippen LogP contribution >= 0.6 is 15.9 Å². The van der Waals surface area contributed by atoms with Crippen molar-refractivity contribution in [3.8, 4) is 0 Å². The summed E-state index contributed by atoms with van der Waals surface area (Å²) in [6.45, 7) is 6.47. The predicted molar refractivity (Wildman–Crippen MR) is 50.3 cm³/mol. The summed E-state index contributed by atoms with van der Waals surface area (Å²) < 4.78 is 5.43. The summed E-state index contributed by atoms with van der Waals surface area (Å²) >= 11 is 3.43. The molecule has 2 nitrogen and oxygen atoms in total. The molecule has 0 saturated carbocycles. The molecule has 0 spiro atoms. The van der Waals surface area contributed by atoms with Crippen LogP contribution in [0.4, 0.5) is 0 Å². The van der Waals surface area contributed by atoms with Crippen molar-refractivity contribution in [2.45, 2.75) is 19.4 Å². The zero-order chi connectivity index (χ0) is 8.10. The molecular weight excluding hydrogens is 206 g/mol. The molecule has 1 rings (SSSR count). The molecule has 1 fully saturated rings. The van der Waals surface area contributed by atoms with Gasteiger partial charge in [0, 0.05) is 18.4 Å². The van der Waals surface area contributed by atoms with E-state index in [2.05, 4.69) is 27.8 Å². The minimum absolute atomic E-state index is 0.430. The molecule has 1 heterocycles. The molecule has 1 aliphatic rings. The number of rotatable bonds is 3. The van der Waals surface area contributed by atoms with Crippen molar-refractivity contribution in [3.05, 3.63) is 0 Å². The average molecular weight is 222 g/mol. The lowest BCUT2D eigenvalue weighted by atomic mass is 10.3. The average Bonchev–Trinajstić information content (AvgIpc) is 2.01. The van der Waals surface area contributed by atoms with Crippen molar-refractivity contribution in [3.63, 3.8) is 0 Å². The minimum Gasteiger partial charge on any atom is -0.376 e. The fourth-order valence-corrected chi connectivity index (χ4v) is 1.63. The normalized spacial score (nSPS) is 27.3. The van der Waals surface area contributed by atoms with Gasteiger partial charge in [-0.3, -0.25) is 4.90 Å². The first-order valence-corrected chi connectivity index (χ1v) is 5.35. The second-order valence-corrected chi connectivity index (χ2v) is 3.82. The van der Waals surface area contributed by atoms with Crippen molar-refractivity contribution < 1.29 is 4.74 Å². The number of nitrogens with zero attached hydrogens (tertiary/aromatic N) is 1. The van der Waals surface area contributed by atoms with E-state index in [9.17, 15) is 0 Å². The van der Waals surface area contributed by atoms with Gasteiger partial charge in [-0.2, -0.15) is 0 Å². The molecule has 3 heteroatoms. The Hall–Kier alpha value is 0.400. The van der Waals surface area contributed by atoms with Crippen LogP contribution in [0.2, 0.25) is 0 Å². The predicted octanol–water partition coefficient (Wildman–Crippen LogP) is 1.49. The van der Waals surface area contributed by atoms with Crippen molar-refractivity contribution in [2.75, 3.05) is 31.6 Å². The van der Waals surface area contributed by atoms with Crippen LogP contribution in [0, 0.1) is 0 Å². The molecule has 0 bridgehead atoms. The van der Waals surface area contributed by atoms with E-state index in [1.807, 2.05) is 0 Å². The topological polar surface area (TPSA) is 12.5 Å². The Morgan fingerprint density at radius 3 is 3.09 bits per heavy atom. The van der Waals surface area contributed by atoms with Crippen LogP contribution < -0.4 is 0 Å². The van der Waals surface area contributed by atoms with E-state index >= 15 is 0 Å². The highest BCUT2D eigenvalue weighted by atomic mass is 79.9. The SMILES string of the molecule is CC1CN(CCCBr)CCO1. The first kappa shape index (κ1) is 9.49. The van der Waals surface area contributed by atoms with Crippen molar-refractivity contribution in [2.24, 2.45) is 0 Å². The molecule has 0 radical (unpaired) electrons. The standard InChI is InChI=1S/C8H16BrNO/c1-8-7-10(4-2-3-9)5-6-11-8/h8H,2-7H2,1H3. The number of alkyl halides is 1.